The monoisotopic (exact) mass is 291 g/mol. The van der Waals surface area contributed by atoms with Gasteiger partial charge in [-0.15, -0.1) is 5.10 Å². The van der Waals surface area contributed by atoms with E-state index in [1.165, 1.54) is 11.8 Å². The van der Waals surface area contributed by atoms with Gasteiger partial charge in [0.2, 0.25) is 11.1 Å². The van der Waals surface area contributed by atoms with Crippen LogP contribution in [-0.4, -0.2) is 31.4 Å². The SMILES string of the molecule is Cc1ccc(C)c(NC(=O)[C@@H](C)Sc2nnnn2C)c1. The summed E-state index contributed by atoms with van der Waals surface area (Å²) in [5.41, 5.74) is 3.00. The van der Waals surface area contributed by atoms with Crippen molar-refractivity contribution < 1.29 is 4.79 Å². The van der Waals surface area contributed by atoms with E-state index in [2.05, 4.69) is 20.8 Å². The lowest BCUT2D eigenvalue weighted by molar-refractivity contribution is -0.115. The molecule has 0 saturated heterocycles. The summed E-state index contributed by atoms with van der Waals surface area (Å²) >= 11 is 1.33. The molecule has 0 aliphatic heterocycles. The molecular weight excluding hydrogens is 274 g/mol. The molecule has 0 saturated carbocycles. The van der Waals surface area contributed by atoms with E-state index >= 15 is 0 Å². The molecule has 0 unspecified atom stereocenters. The van der Waals surface area contributed by atoms with Crippen LogP contribution >= 0.6 is 11.8 Å². The Morgan fingerprint density at radius 3 is 2.80 bits per heavy atom. The number of hydrogen-bond acceptors (Lipinski definition) is 5. The fourth-order valence-corrected chi connectivity index (χ4v) is 2.39. The van der Waals surface area contributed by atoms with Crippen molar-refractivity contribution in [2.24, 2.45) is 7.05 Å². The lowest BCUT2D eigenvalue weighted by Gasteiger charge is -2.13. The minimum absolute atomic E-state index is 0.0632. The second-order valence-corrected chi connectivity index (χ2v) is 5.96. The van der Waals surface area contributed by atoms with Crippen molar-refractivity contribution in [3.8, 4) is 0 Å². The van der Waals surface area contributed by atoms with E-state index in [9.17, 15) is 4.79 Å². The fourth-order valence-electron chi connectivity index (χ4n) is 1.64. The molecule has 0 bridgehead atoms. The Labute approximate surface area is 121 Å². The molecule has 1 aromatic carbocycles. The second kappa shape index (κ2) is 6.04. The summed E-state index contributed by atoms with van der Waals surface area (Å²) < 4.78 is 1.55. The van der Waals surface area contributed by atoms with Gasteiger partial charge in [0.1, 0.15) is 0 Å². The molecule has 6 nitrogen and oxygen atoms in total. The van der Waals surface area contributed by atoms with Gasteiger partial charge in [0.15, 0.2) is 0 Å². The number of nitrogens with one attached hydrogen (secondary N) is 1. The zero-order chi connectivity index (χ0) is 14.7. The van der Waals surface area contributed by atoms with Crippen molar-refractivity contribution in [1.82, 2.24) is 20.2 Å². The molecule has 20 heavy (non-hydrogen) atoms. The van der Waals surface area contributed by atoms with Crippen LogP contribution in [0.25, 0.3) is 0 Å². The van der Waals surface area contributed by atoms with Gasteiger partial charge in [0, 0.05) is 12.7 Å². The van der Waals surface area contributed by atoms with Crippen molar-refractivity contribution >= 4 is 23.4 Å². The highest BCUT2D eigenvalue weighted by molar-refractivity contribution is 8.00. The van der Waals surface area contributed by atoms with Crippen LogP contribution < -0.4 is 5.32 Å². The summed E-state index contributed by atoms with van der Waals surface area (Å²) in [5.74, 6) is -0.0632. The fraction of sp³-hybridized carbons (Fsp3) is 0.385. The number of aromatic nitrogens is 4. The topological polar surface area (TPSA) is 72.7 Å². The zero-order valence-electron chi connectivity index (χ0n) is 11.9. The van der Waals surface area contributed by atoms with Crippen molar-refractivity contribution in [3.63, 3.8) is 0 Å². The number of nitrogens with zero attached hydrogens (tertiary/aromatic N) is 4. The molecule has 1 aromatic heterocycles. The highest BCUT2D eigenvalue weighted by atomic mass is 32.2. The Balaban J connectivity index is 2.04. The molecule has 2 rings (SSSR count). The highest BCUT2D eigenvalue weighted by Crippen LogP contribution is 2.22. The second-order valence-electron chi connectivity index (χ2n) is 4.65. The van der Waals surface area contributed by atoms with Gasteiger partial charge < -0.3 is 5.32 Å². The van der Waals surface area contributed by atoms with E-state index in [4.69, 9.17) is 0 Å². The molecule has 106 valence electrons. The third-order valence-electron chi connectivity index (χ3n) is 2.88. The van der Waals surface area contributed by atoms with Crippen LogP contribution in [0.1, 0.15) is 18.1 Å². The number of hydrogen-bond donors (Lipinski definition) is 1. The van der Waals surface area contributed by atoms with Gasteiger partial charge >= 0.3 is 0 Å². The summed E-state index contributed by atoms with van der Waals surface area (Å²) in [6, 6.07) is 5.98. The number of rotatable bonds is 4. The molecule has 1 N–H and O–H groups in total. The lowest BCUT2D eigenvalue weighted by Crippen LogP contribution is -2.23. The number of carbonyl (C=O) groups is 1. The van der Waals surface area contributed by atoms with E-state index in [0.29, 0.717) is 5.16 Å². The van der Waals surface area contributed by atoms with Crippen LogP contribution in [0.15, 0.2) is 23.4 Å². The molecule has 1 amide bonds. The van der Waals surface area contributed by atoms with Crippen LogP contribution in [0.3, 0.4) is 0 Å². The van der Waals surface area contributed by atoms with Gasteiger partial charge in [0.05, 0.1) is 5.25 Å². The van der Waals surface area contributed by atoms with Crippen molar-refractivity contribution in [2.45, 2.75) is 31.2 Å². The summed E-state index contributed by atoms with van der Waals surface area (Å²) in [6.45, 7) is 5.80. The standard InChI is InChI=1S/C13H17N5OS/c1-8-5-6-9(2)11(7-8)14-12(19)10(3)20-13-15-16-17-18(13)4/h5-7,10H,1-4H3,(H,14,19)/t10-/m1/s1. The molecule has 0 aliphatic rings. The maximum atomic E-state index is 12.2. The number of thioether (sulfide) groups is 1. The number of aryl methyl sites for hydroxylation is 3. The van der Waals surface area contributed by atoms with Crippen LogP contribution in [0, 0.1) is 13.8 Å². The molecular formula is C13H17N5OS. The van der Waals surface area contributed by atoms with Crippen molar-refractivity contribution in [3.05, 3.63) is 29.3 Å². The third-order valence-corrected chi connectivity index (χ3v) is 4.01. The predicted octanol–water partition coefficient (Wildman–Crippen LogP) is 1.95. The average Bonchev–Trinajstić information content (AvgIpc) is 2.79. The average molecular weight is 291 g/mol. The molecule has 1 atom stereocenters. The quantitative estimate of drug-likeness (QED) is 0.872. The first-order valence-electron chi connectivity index (χ1n) is 6.24. The number of benzene rings is 1. The number of carbonyl (C=O) groups excluding carboxylic acids is 1. The van der Waals surface area contributed by atoms with E-state index in [1.54, 1.807) is 11.7 Å². The smallest absolute Gasteiger partial charge is 0.237 e. The van der Waals surface area contributed by atoms with Gasteiger partial charge in [-0.3, -0.25) is 4.79 Å². The third kappa shape index (κ3) is 3.36. The van der Waals surface area contributed by atoms with E-state index in [0.717, 1.165) is 16.8 Å². The molecule has 0 radical (unpaired) electrons. The minimum Gasteiger partial charge on any atom is -0.325 e. The van der Waals surface area contributed by atoms with Gasteiger partial charge in [-0.05, 0) is 48.4 Å². The first kappa shape index (κ1) is 14.5. The molecule has 7 heteroatoms. The Hall–Kier alpha value is -1.89. The summed E-state index contributed by atoms with van der Waals surface area (Å²) in [6.07, 6.45) is 0. The van der Waals surface area contributed by atoms with Crippen LogP contribution in [-0.2, 0) is 11.8 Å². The van der Waals surface area contributed by atoms with E-state index < -0.39 is 0 Å². The first-order valence-corrected chi connectivity index (χ1v) is 7.12. The largest absolute Gasteiger partial charge is 0.325 e. The van der Waals surface area contributed by atoms with Crippen LogP contribution in [0.4, 0.5) is 5.69 Å². The molecule has 2 aromatic rings. The maximum absolute atomic E-state index is 12.2. The zero-order valence-corrected chi connectivity index (χ0v) is 12.7. The molecule has 0 spiro atoms. The summed E-state index contributed by atoms with van der Waals surface area (Å²) in [4.78, 5) is 12.2. The Morgan fingerprint density at radius 2 is 2.15 bits per heavy atom. The minimum atomic E-state index is -0.278. The van der Waals surface area contributed by atoms with E-state index in [1.807, 2.05) is 39.0 Å². The lowest BCUT2D eigenvalue weighted by atomic mass is 10.1. The number of anilines is 1. The normalized spacial score (nSPS) is 12.2. The van der Waals surface area contributed by atoms with Crippen LogP contribution in [0.5, 0.6) is 0 Å². The van der Waals surface area contributed by atoms with Gasteiger partial charge in [0.25, 0.3) is 0 Å². The molecule has 0 fully saturated rings. The van der Waals surface area contributed by atoms with Gasteiger partial charge in [-0.1, -0.05) is 23.9 Å². The Morgan fingerprint density at radius 1 is 1.40 bits per heavy atom. The van der Waals surface area contributed by atoms with Gasteiger partial charge in [-0.25, -0.2) is 4.68 Å². The Bertz CT molecular complexity index is 625. The first-order chi connectivity index (χ1) is 9.47. The number of amides is 1. The predicted molar refractivity (Wildman–Crippen MR) is 78.7 cm³/mol. The van der Waals surface area contributed by atoms with Crippen LogP contribution in [0.2, 0.25) is 0 Å². The van der Waals surface area contributed by atoms with Crippen molar-refractivity contribution in [1.29, 1.82) is 0 Å². The summed E-state index contributed by atoms with van der Waals surface area (Å²) in [5, 5.41) is 14.4. The molecule has 1 heterocycles. The van der Waals surface area contributed by atoms with Gasteiger partial charge in [-0.2, -0.15) is 0 Å². The van der Waals surface area contributed by atoms with Crippen molar-refractivity contribution in [2.75, 3.05) is 5.32 Å². The van der Waals surface area contributed by atoms with E-state index in [-0.39, 0.29) is 11.2 Å². The molecule has 0 aliphatic carbocycles. The maximum Gasteiger partial charge on any atom is 0.237 e. The number of tetrazole rings is 1. The highest BCUT2D eigenvalue weighted by Gasteiger charge is 2.18. The Kier molecular flexibility index (Phi) is 4.39. The summed E-state index contributed by atoms with van der Waals surface area (Å²) in [7, 11) is 1.75.